The van der Waals surface area contributed by atoms with Crippen LogP contribution in [0, 0.1) is 0 Å². The van der Waals surface area contributed by atoms with Crippen molar-refractivity contribution in [2.24, 2.45) is 0 Å². The van der Waals surface area contributed by atoms with E-state index in [0.29, 0.717) is 10.8 Å². The molecule has 0 saturated heterocycles. The normalized spacial score (nSPS) is 19.5. The summed E-state index contributed by atoms with van der Waals surface area (Å²) in [7, 11) is 0. The Morgan fingerprint density at radius 3 is 2.89 bits per heavy atom. The third-order valence-corrected chi connectivity index (χ3v) is 5.94. The predicted molar refractivity (Wildman–Crippen MR) is 87.1 cm³/mol. The van der Waals surface area contributed by atoms with Crippen LogP contribution in [0.25, 0.3) is 0 Å². The fourth-order valence-electron chi connectivity index (χ4n) is 2.32. The summed E-state index contributed by atoms with van der Waals surface area (Å²) in [5, 5.41) is 4.99. The van der Waals surface area contributed by atoms with Crippen molar-refractivity contribution in [1.82, 2.24) is 10.3 Å². The highest BCUT2D eigenvalue weighted by Gasteiger charge is 2.24. The second kappa shape index (κ2) is 6.59. The molecule has 1 heterocycles. The molecule has 0 radical (unpaired) electrons. The topological polar surface area (TPSA) is 24.9 Å². The van der Waals surface area contributed by atoms with Crippen LogP contribution in [-0.4, -0.2) is 16.3 Å². The molecule has 0 saturated carbocycles. The Labute approximate surface area is 125 Å². The molecule has 1 aliphatic carbocycles. The van der Waals surface area contributed by atoms with Gasteiger partial charge in [0, 0.05) is 21.4 Å². The van der Waals surface area contributed by atoms with Crippen LogP contribution in [0.3, 0.4) is 0 Å². The summed E-state index contributed by atoms with van der Waals surface area (Å²) in [6, 6.07) is 0.564. The Hall–Kier alpha value is -0.0600. The molecule has 0 amide bonds. The van der Waals surface area contributed by atoms with Crippen LogP contribution >= 0.6 is 23.1 Å². The number of thiazole rings is 1. The molecule has 1 atom stereocenters. The predicted octanol–water partition coefficient (Wildman–Crippen LogP) is 4.55. The lowest BCUT2D eigenvalue weighted by atomic mass is 9.98. The molecule has 1 aromatic heterocycles. The van der Waals surface area contributed by atoms with Gasteiger partial charge in [-0.25, -0.2) is 4.98 Å². The van der Waals surface area contributed by atoms with E-state index >= 15 is 0 Å². The van der Waals surface area contributed by atoms with Gasteiger partial charge >= 0.3 is 0 Å². The Kier molecular flexibility index (Phi) is 5.32. The first-order valence-electron chi connectivity index (χ1n) is 7.35. The number of hydrogen-bond donors (Lipinski definition) is 1. The molecule has 1 aromatic rings. The van der Waals surface area contributed by atoms with Crippen LogP contribution in [0.2, 0.25) is 0 Å². The molecule has 4 heteroatoms. The number of nitrogens with one attached hydrogen (secondary N) is 1. The van der Waals surface area contributed by atoms with Crippen LogP contribution in [-0.2, 0) is 12.2 Å². The van der Waals surface area contributed by atoms with Gasteiger partial charge < -0.3 is 5.32 Å². The number of thioether (sulfide) groups is 1. The van der Waals surface area contributed by atoms with E-state index in [1.807, 2.05) is 23.1 Å². The Balaban J connectivity index is 2.03. The van der Waals surface area contributed by atoms with Gasteiger partial charge in [-0.15, -0.1) is 23.1 Å². The van der Waals surface area contributed by atoms with Gasteiger partial charge in [-0.2, -0.15) is 0 Å². The summed E-state index contributed by atoms with van der Waals surface area (Å²) in [6.45, 7) is 10.2. The molecule has 0 spiro atoms. The quantitative estimate of drug-likeness (QED) is 0.863. The molecule has 2 rings (SSSR count). The largest absolute Gasteiger partial charge is 0.309 e. The van der Waals surface area contributed by atoms with Crippen LogP contribution in [0.1, 0.15) is 68.6 Å². The van der Waals surface area contributed by atoms with Crippen LogP contribution in [0.5, 0.6) is 0 Å². The molecule has 108 valence electrons. The number of hydrogen-bond acceptors (Lipinski definition) is 4. The molecule has 1 aliphatic rings. The Morgan fingerprint density at radius 2 is 2.21 bits per heavy atom. The van der Waals surface area contributed by atoms with E-state index in [1.165, 1.54) is 41.3 Å². The van der Waals surface area contributed by atoms with Crippen molar-refractivity contribution in [3.8, 4) is 0 Å². The molecular formula is C15H26N2S2. The zero-order valence-electron chi connectivity index (χ0n) is 12.6. The summed E-state index contributed by atoms with van der Waals surface area (Å²) < 4.78 is 0.325. The minimum absolute atomic E-state index is 0.325. The van der Waals surface area contributed by atoms with E-state index < -0.39 is 0 Å². The summed E-state index contributed by atoms with van der Waals surface area (Å²) in [5.41, 5.74) is 1.37. The highest BCUT2D eigenvalue weighted by molar-refractivity contribution is 7.99. The van der Waals surface area contributed by atoms with Gasteiger partial charge in [-0.3, -0.25) is 0 Å². The van der Waals surface area contributed by atoms with E-state index in [-0.39, 0.29) is 0 Å². The van der Waals surface area contributed by atoms with Crippen molar-refractivity contribution in [3.63, 3.8) is 0 Å². The standard InChI is InChI=1S/C15H26N2S2/c1-5-9-16-11-7-6-8-12-14(11)19-13(17-12)10-18-15(2,3)4/h11,16H,5-10H2,1-4H3. The smallest absolute Gasteiger partial charge is 0.103 e. The fraction of sp³-hybridized carbons (Fsp3) is 0.800. The molecule has 19 heavy (non-hydrogen) atoms. The zero-order chi connectivity index (χ0) is 13.9. The third-order valence-electron chi connectivity index (χ3n) is 3.26. The number of aryl methyl sites for hydroxylation is 1. The van der Waals surface area contributed by atoms with E-state index in [2.05, 4.69) is 33.0 Å². The van der Waals surface area contributed by atoms with Gasteiger partial charge in [-0.05, 0) is 32.2 Å². The Morgan fingerprint density at radius 1 is 1.42 bits per heavy atom. The second-order valence-electron chi connectivity index (χ2n) is 6.22. The van der Waals surface area contributed by atoms with Crippen LogP contribution < -0.4 is 5.32 Å². The highest BCUT2D eigenvalue weighted by Crippen LogP contribution is 2.36. The summed E-state index contributed by atoms with van der Waals surface area (Å²) in [4.78, 5) is 6.39. The molecule has 2 nitrogen and oxygen atoms in total. The number of nitrogens with zero attached hydrogens (tertiary/aromatic N) is 1. The summed E-state index contributed by atoms with van der Waals surface area (Å²) in [5.74, 6) is 1.06. The van der Waals surface area contributed by atoms with Gasteiger partial charge in [0.2, 0.25) is 0 Å². The highest BCUT2D eigenvalue weighted by atomic mass is 32.2. The molecular weight excluding hydrogens is 272 g/mol. The second-order valence-corrected chi connectivity index (χ2v) is 9.14. The van der Waals surface area contributed by atoms with Gasteiger partial charge in [0.25, 0.3) is 0 Å². The molecule has 0 fully saturated rings. The van der Waals surface area contributed by atoms with E-state index in [0.717, 1.165) is 12.3 Å². The van der Waals surface area contributed by atoms with Crippen LogP contribution in [0.15, 0.2) is 0 Å². The molecule has 0 aliphatic heterocycles. The average molecular weight is 299 g/mol. The van der Waals surface area contributed by atoms with Crippen molar-refractivity contribution >= 4 is 23.1 Å². The SMILES string of the molecule is CCCNC1CCCc2nc(CSC(C)(C)C)sc21. The summed E-state index contributed by atoms with van der Waals surface area (Å²) >= 11 is 3.94. The first-order chi connectivity index (χ1) is 8.99. The maximum Gasteiger partial charge on any atom is 0.103 e. The van der Waals surface area contributed by atoms with Crippen molar-refractivity contribution in [3.05, 3.63) is 15.6 Å². The number of aromatic nitrogens is 1. The third kappa shape index (κ3) is 4.47. The lowest BCUT2D eigenvalue weighted by Crippen LogP contribution is -2.24. The maximum absolute atomic E-state index is 4.87. The first kappa shape index (κ1) is 15.3. The molecule has 1 unspecified atom stereocenters. The van der Waals surface area contributed by atoms with Crippen molar-refractivity contribution in [1.29, 1.82) is 0 Å². The summed E-state index contributed by atoms with van der Waals surface area (Å²) in [6.07, 6.45) is 4.94. The van der Waals surface area contributed by atoms with Crippen molar-refractivity contribution in [2.75, 3.05) is 6.54 Å². The molecule has 0 aromatic carbocycles. The monoisotopic (exact) mass is 298 g/mol. The van der Waals surface area contributed by atoms with Crippen LogP contribution in [0.4, 0.5) is 0 Å². The lowest BCUT2D eigenvalue weighted by Gasteiger charge is -2.22. The van der Waals surface area contributed by atoms with Gasteiger partial charge in [0.15, 0.2) is 0 Å². The molecule has 1 N–H and O–H groups in total. The van der Waals surface area contributed by atoms with Crippen molar-refractivity contribution < 1.29 is 0 Å². The fourth-order valence-corrected chi connectivity index (χ4v) is 4.38. The average Bonchev–Trinajstić information content (AvgIpc) is 2.76. The maximum atomic E-state index is 4.87. The number of rotatable bonds is 5. The lowest BCUT2D eigenvalue weighted by molar-refractivity contribution is 0.464. The number of fused-ring (bicyclic) bond motifs is 1. The minimum atomic E-state index is 0.325. The van der Waals surface area contributed by atoms with E-state index in [4.69, 9.17) is 4.98 Å². The van der Waals surface area contributed by atoms with E-state index in [1.54, 1.807) is 0 Å². The first-order valence-corrected chi connectivity index (χ1v) is 9.15. The zero-order valence-corrected chi connectivity index (χ0v) is 14.2. The van der Waals surface area contributed by atoms with Crippen molar-refractivity contribution in [2.45, 2.75) is 69.9 Å². The Bertz CT molecular complexity index is 407. The van der Waals surface area contributed by atoms with Gasteiger partial charge in [-0.1, -0.05) is 27.7 Å². The van der Waals surface area contributed by atoms with E-state index in [9.17, 15) is 0 Å². The van der Waals surface area contributed by atoms with Gasteiger partial charge in [0.05, 0.1) is 5.69 Å². The molecule has 0 bridgehead atoms. The van der Waals surface area contributed by atoms with Gasteiger partial charge in [0.1, 0.15) is 5.01 Å². The minimum Gasteiger partial charge on any atom is -0.309 e.